The van der Waals surface area contributed by atoms with E-state index in [9.17, 15) is 13.5 Å². The summed E-state index contributed by atoms with van der Waals surface area (Å²) in [6, 6.07) is 1.59. The molecule has 1 N–H and O–H groups in total. The second kappa shape index (κ2) is 5.85. The van der Waals surface area contributed by atoms with Crippen LogP contribution in [0.25, 0.3) is 0 Å². The minimum absolute atomic E-state index is 0.0350. The van der Waals surface area contributed by atoms with Crippen molar-refractivity contribution in [2.45, 2.75) is 30.4 Å². The van der Waals surface area contributed by atoms with Gasteiger partial charge in [0.2, 0.25) is 10.0 Å². The molecule has 1 saturated heterocycles. The summed E-state index contributed by atoms with van der Waals surface area (Å²) in [5.41, 5.74) is 0.604. The van der Waals surface area contributed by atoms with E-state index in [1.165, 1.54) is 0 Å². The van der Waals surface area contributed by atoms with Gasteiger partial charge in [-0.3, -0.25) is 0 Å². The summed E-state index contributed by atoms with van der Waals surface area (Å²) in [5, 5.41) is 9.20. The molecule has 1 fully saturated rings. The van der Waals surface area contributed by atoms with Crippen molar-refractivity contribution in [2.75, 3.05) is 27.2 Å². The zero-order chi connectivity index (χ0) is 14.9. The summed E-state index contributed by atoms with van der Waals surface area (Å²) in [7, 11) is 2.18. The van der Waals surface area contributed by atoms with Gasteiger partial charge in [-0.25, -0.2) is 8.42 Å². The minimum Gasteiger partial charge on any atom is -0.390 e. The van der Waals surface area contributed by atoms with E-state index < -0.39 is 10.0 Å². The fraction of sp³-hybridized carbons (Fsp3) is 0.692. The van der Waals surface area contributed by atoms with E-state index in [1.54, 1.807) is 28.2 Å². The van der Waals surface area contributed by atoms with E-state index in [-0.39, 0.29) is 17.5 Å². The summed E-state index contributed by atoms with van der Waals surface area (Å²) in [6.45, 7) is 1.15. The van der Waals surface area contributed by atoms with Crippen molar-refractivity contribution in [1.29, 1.82) is 0 Å². The molecule has 1 aliphatic rings. The lowest BCUT2D eigenvalue weighted by molar-refractivity contribution is 0.272. The van der Waals surface area contributed by atoms with E-state index in [0.717, 1.165) is 19.4 Å². The van der Waals surface area contributed by atoms with Gasteiger partial charge in [-0.1, -0.05) is 0 Å². The van der Waals surface area contributed by atoms with E-state index in [0.29, 0.717) is 12.2 Å². The maximum Gasteiger partial charge on any atom is 0.244 e. The third-order valence-electron chi connectivity index (χ3n) is 3.75. The van der Waals surface area contributed by atoms with Crippen molar-refractivity contribution in [3.8, 4) is 0 Å². The van der Waals surface area contributed by atoms with Crippen LogP contribution < -0.4 is 0 Å². The fourth-order valence-corrected chi connectivity index (χ4v) is 4.52. The molecular weight excluding hydrogens is 278 g/mol. The molecular formula is C13H23N3O3S. The van der Waals surface area contributed by atoms with Crippen LogP contribution in [0.5, 0.6) is 0 Å². The Morgan fingerprint density at radius 2 is 2.15 bits per heavy atom. The van der Waals surface area contributed by atoms with E-state index in [2.05, 4.69) is 0 Å². The molecule has 1 aromatic heterocycles. The topological polar surface area (TPSA) is 65.8 Å². The maximum atomic E-state index is 12.7. The Hall–Kier alpha value is -0.890. The third-order valence-corrected chi connectivity index (χ3v) is 5.67. The molecule has 0 aromatic carbocycles. The van der Waals surface area contributed by atoms with Crippen LogP contribution in [0.1, 0.15) is 18.5 Å². The number of aryl methyl sites for hydroxylation is 1. The number of hydrogen-bond donors (Lipinski definition) is 1. The number of aromatic nitrogens is 1. The summed E-state index contributed by atoms with van der Waals surface area (Å²) in [6.07, 6.45) is 3.38. The second-order valence-electron chi connectivity index (χ2n) is 5.61. The van der Waals surface area contributed by atoms with Crippen molar-refractivity contribution in [2.24, 2.45) is 7.05 Å². The van der Waals surface area contributed by atoms with E-state index in [1.807, 2.05) is 19.0 Å². The predicted octanol–water partition coefficient (Wildman–Crippen LogP) is 0.232. The quantitative estimate of drug-likeness (QED) is 0.845. The Morgan fingerprint density at radius 3 is 2.70 bits per heavy atom. The Bertz CT molecular complexity index is 565. The van der Waals surface area contributed by atoms with Gasteiger partial charge in [-0.2, -0.15) is 4.31 Å². The first kappa shape index (κ1) is 15.5. The smallest absolute Gasteiger partial charge is 0.244 e. The van der Waals surface area contributed by atoms with Crippen molar-refractivity contribution in [1.82, 2.24) is 13.8 Å². The first-order valence-corrected chi connectivity index (χ1v) is 8.23. The van der Waals surface area contributed by atoms with Gasteiger partial charge < -0.3 is 14.6 Å². The van der Waals surface area contributed by atoms with Crippen LogP contribution in [0.2, 0.25) is 0 Å². The third kappa shape index (κ3) is 2.90. The van der Waals surface area contributed by atoms with Crippen LogP contribution in [0.3, 0.4) is 0 Å². The standard InChI is InChI=1S/C13H23N3O3S/c1-14(2)8-11-5-4-6-16(11)20(18,19)13-7-12(10-17)15(3)9-13/h7,9,11,17H,4-6,8,10H2,1-3H3. The largest absolute Gasteiger partial charge is 0.390 e. The highest BCUT2D eigenvalue weighted by molar-refractivity contribution is 7.89. The van der Waals surface area contributed by atoms with Crippen LogP contribution in [0, 0.1) is 0 Å². The van der Waals surface area contributed by atoms with Crippen molar-refractivity contribution < 1.29 is 13.5 Å². The molecule has 20 heavy (non-hydrogen) atoms. The fourth-order valence-electron chi connectivity index (χ4n) is 2.74. The maximum absolute atomic E-state index is 12.7. The highest BCUT2D eigenvalue weighted by atomic mass is 32.2. The highest BCUT2D eigenvalue weighted by Gasteiger charge is 2.36. The molecule has 7 heteroatoms. The molecule has 0 aliphatic carbocycles. The van der Waals surface area contributed by atoms with E-state index in [4.69, 9.17) is 0 Å². The van der Waals surface area contributed by atoms with Gasteiger partial charge >= 0.3 is 0 Å². The number of nitrogens with zero attached hydrogens (tertiary/aromatic N) is 3. The monoisotopic (exact) mass is 301 g/mol. The Kier molecular flexibility index (Phi) is 4.53. The molecule has 0 spiro atoms. The Labute approximate surface area is 120 Å². The summed E-state index contributed by atoms with van der Waals surface area (Å²) in [5.74, 6) is 0. The molecule has 0 saturated carbocycles. The number of likely N-dealkylation sites (N-methyl/N-ethyl adjacent to an activating group) is 1. The van der Waals surface area contributed by atoms with Crippen LogP contribution in [0.15, 0.2) is 17.2 Å². The molecule has 1 atom stereocenters. The number of aliphatic hydroxyl groups is 1. The first-order valence-electron chi connectivity index (χ1n) is 6.79. The zero-order valence-electron chi connectivity index (χ0n) is 12.3. The van der Waals surface area contributed by atoms with Gasteiger partial charge in [0, 0.05) is 38.1 Å². The molecule has 114 valence electrons. The predicted molar refractivity (Wildman–Crippen MR) is 76.8 cm³/mol. The van der Waals surface area contributed by atoms with Gasteiger partial charge in [0.1, 0.15) is 4.90 Å². The molecule has 6 nitrogen and oxygen atoms in total. The highest BCUT2D eigenvalue weighted by Crippen LogP contribution is 2.27. The van der Waals surface area contributed by atoms with Crippen molar-refractivity contribution in [3.05, 3.63) is 18.0 Å². The SMILES string of the molecule is CN(C)CC1CCCN1S(=O)(=O)c1cc(CO)n(C)c1. The van der Waals surface area contributed by atoms with Gasteiger partial charge in [0.15, 0.2) is 0 Å². The van der Waals surface area contributed by atoms with Crippen LogP contribution in [0.4, 0.5) is 0 Å². The van der Waals surface area contributed by atoms with Gasteiger partial charge in [0.05, 0.1) is 6.61 Å². The molecule has 0 amide bonds. The zero-order valence-corrected chi connectivity index (χ0v) is 13.1. The Balaban J connectivity index is 2.28. The van der Waals surface area contributed by atoms with Crippen LogP contribution in [-0.2, 0) is 23.7 Å². The summed E-state index contributed by atoms with van der Waals surface area (Å²) >= 11 is 0. The molecule has 1 unspecified atom stereocenters. The molecule has 2 heterocycles. The van der Waals surface area contributed by atoms with Crippen LogP contribution >= 0.6 is 0 Å². The average molecular weight is 301 g/mol. The minimum atomic E-state index is -3.47. The van der Waals surface area contributed by atoms with Gasteiger partial charge in [-0.15, -0.1) is 0 Å². The molecule has 2 rings (SSSR count). The summed E-state index contributed by atoms with van der Waals surface area (Å²) in [4.78, 5) is 2.29. The number of sulfonamides is 1. The van der Waals surface area contributed by atoms with Crippen molar-refractivity contribution >= 4 is 10.0 Å². The number of hydrogen-bond acceptors (Lipinski definition) is 4. The molecule has 0 bridgehead atoms. The molecule has 1 aliphatic heterocycles. The van der Waals surface area contributed by atoms with Gasteiger partial charge in [-0.05, 0) is 33.0 Å². The van der Waals surface area contributed by atoms with E-state index >= 15 is 0 Å². The summed E-state index contributed by atoms with van der Waals surface area (Å²) < 4.78 is 28.7. The first-order chi connectivity index (χ1) is 9.36. The molecule has 1 aromatic rings. The van der Waals surface area contributed by atoms with Gasteiger partial charge in [0.25, 0.3) is 0 Å². The lowest BCUT2D eigenvalue weighted by Crippen LogP contribution is -2.41. The van der Waals surface area contributed by atoms with Crippen LogP contribution in [-0.4, -0.2) is 60.5 Å². The normalized spacial score (nSPS) is 20.9. The lowest BCUT2D eigenvalue weighted by Gasteiger charge is -2.26. The Morgan fingerprint density at radius 1 is 1.45 bits per heavy atom. The second-order valence-corrected chi connectivity index (χ2v) is 7.50. The van der Waals surface area contributed by atoms with Crippen molar-refractivity contribution in [3.63, 3.8) is 0 Å². The number of aliphatic hydroxyl groups excluding tert-OH is 1. The number of rotatable bonds is 5. The molecule has 0 radical (unpaired) electrons. The average Bonchev–Trinajstić information content (AvgIpc) is 2.95. The lowest BCUT2D eigenvalue weighted by atomic mass is 10.2.